The number of benzene rings is 2. The van der Waals surface area contributed by atoms with Crippen molar-refractivity contribution in [2.75, 3.05) is 0 Å². The van der Waals surface area contributed by atoms with E-state index in [1.165, 1.54) is 22.3 Å². The summed E-state index contributed by atoms with van der Waals surface area (Å²) >= 11 is 1.40. The van der Waals surface area contributed by atoms with Gasteiger partial charge in [-0.3, -0.25) is 4.79 Å². The Morgan fingerprint density at radius 3 is 2.41 bits per heavy atom. The number of thiazole rings is 1. The number of nitrogens with zero attached hydrogens (tertiary/aromatic N) is 1. The fourth-order valence-corrected chi connectivity index (χ4v) is 5.99. The molecule has 1 aromatic heterocycles. The molecule has 9 heteroatoms. The van der Waals surface area contributed by atoms with E-state index in [1.54, 1.807) is 11.5 Å². The monoisotopic (exact) mass is 539 g/mol. The minimum atomic E-state index is -3.53. The van der Waals surface area contributed by atoms with Crippen LogP contribution in [0.5, 0.6) is 5.75 Å². The van der Waals surface area contributed by atoms with Gasteiger partial charge in [-0.05, 0) is 60.9 Å². The van der Waals surface area contributed by atoms with Crippen molar-refractivity contribution in [1.82, 2.24) is 15.0 Å². The normalized spacial score (nSPS) is 18.2. The third-order valence-corrected chi connectivity index (χ3v) is 8.30. The summed E-state index contributed by atoms with van der Waals surface area (Å²) in [5.41, 5.74) is 2.47. The maximum absolute atomic E-state index is 12.7. The molecule has 0 radical (unpaired) electrons. The third-order valence-electron chi connectivity index (χ3n) is 6.33. The zero-order valence-electron chi connectivity index (χ0n) is 21.1. The molecule has 0 saturated heterocycles. The van der Waals surface area contributed by atoms with E-state index in [-0.39, 0.29) is 18.0 Å². The van der Waals surface area contributed by atoms with E-state index in [0.717, 1.165) is 16.3 Å². The van der Waals surface area contributed by atoms with Gasteiger partial charge < -0.3 is 10.1 Å². The Balaban J connectivity index is 1.20. The molecule has 1 fully saturated rings. The highest BCUT2D eigenvalue weighted by atomic mass is 32.2. The van der Waals surface area contributed by atoms with E-state index in [0.29, 0.717) is 43.9 Å². The van der Waals surface area contributed by atoms with Gasteiger partial charge in [0.2, 0.25) is 10.0 Å². The van der Waals surface area contributed by atoms with Gasteiger partial charge in [0, 0.05) is 22.9 Å². The van der Waals surface area contributed by atoms with Crippen LogP contribution in [0.25, 0.3) is 6.08 Å². The van der Waals surface area contributed by atoms with Crippen LogP contribution in [0.3, 0.4) is 0 Å². The van der Waals surface area contributed by atoms with Gasteiger partial charge in [0.25, 0.3) is 5.91 Å². The van der Waals surface area contributed by atoms with Crippen LogP contribution in [-0.4, -0.2) is 31.4 Å². The van der Waals surface area contributed by atoms with E-state index in [2.05, 4.69) is 41.0 Å². The Kier molecular flexibility index (Phi) is 9.13. The molecule has 3 aromatic rings. The topological polar surface area (TPSA) is 97.4 Å². The van der Waals surface area contributed by atoms with Crippen LogP contribution in [0.15, 0.2) is 65.4 Å². The highest BCUT2D eigenvalue weighted by molar-refractivity contribution is 7.92. The Morgan fingerprint density at radius 2 is 1.73 bits per heavy atom. The molecule has 4 rings (SSSR count). The summed E-state index contributed by atoms with van der Waals surface area (Å²) in [6.45, 7) is 4.61. The average molecular weight is 540 g/mol. The van der Waals surface area contributed by atoms with Crippen molar-refractivity contribution in [3.63, 3.8) is 0 Å². The smallest absolute Gasteiger partial charge is 0.270 e. The van der Waals surface area contributed by atoms with Gasteiger partial charge in [0.15, 0.2) is 0 Å². The standard InChI is InChI=1S/C28H33N3O4S2/c1-20(2)22-8-14-25(15-9-22)35-18-27-30-26(19-36-27)28(32)29-23-10-12-24(13-11-23)31-37(33,34)17-16-21-6-4-3-5-7-21/h3-9,14-17,19-20,23-24,31H,10-13,18H2,1-2H3,(H,29,32)/b17-16+. The van der Waals surface area contributed by atoms with Crippen LogP contribution in [-0.2, 0) is 16.6 Å². The van der Waals surface area contributed by atoms with E-state index < -0.39 is 10.0 Å². The highest BCUT2D eigenvalue weighted by Crippen LogP contribution is 2.22. The summed E-state index contributed by atoms with van der Waals surface area (Å²) in [7, 11) is -3.53. The molecule has 2 aromatic carbocycles. The van der Waals surface area contributed by atoms with Crippen molar-refractivity contribution in [2.45, 2.75) is 64.1 Å². The molecule has 0 bridgehead atoms. The first-order valence-corrected chi connectivity index (χ1v) is 14.9. The predicted molar refractivity (Wildman–Crippen MR) is 148 cm³/mol. The van der Waals surface area contributed by atoms with Crippen LogP contribution in [0.1, 0.15) is 72.1 Å². The minimum Gasteiger partial charge on any atom is -0.486 e. The Morgan fingerprint density at radius 1 is 1.05 bits per heavy atom. The molecule has 0 aliphatic heterocycles. The minimum absolute atomic E-state index is 0.00557. The molecule has 196 valence electrons. The number of nitrogens with one attached hydrogen (secondary N) is 2. The molecule has 2 N–H and O–H groups in total. The summed E-state index contributed by atoms with van der Waals surface area (Å²) in [5, 5.41) is 6.73. The molecule has 7 nitrogen and oxygen atoms in total. The number of carbonyl (C=O) groups is 1. The lowest BCUT2D eigenvalue weighted by Gasteiger charge is -2.29. The summed E-state index contributed by atoms with van der Waals surface area (Å²) < 4.78 is 33.4. The maximum Gasteiger partial charge on any atom is 0.270 e. The fourth-order valence-electron chi connectivity index (χ4n) is 4.19. The summed E-state index contributed by atoms with van der Waals surface area (Å²) in [6, 6.07) is 17.2. The second-order valence-electron chi connectivity index (χ2n) is 9.54. The zero-order chi connectivity index (χ0) is 26.3. The first kappa shape index (κ1) is 27.0. The molecule has 1 heterocycles. The molecular weight excluding hydrogens is 506 g/mol. The van der Waals surface area contributed by atoms with E-state index in [9.17, 15) is 13.2 Å². The molecule has 0 atom stereocenters. The van der Waals surface area contributed by atoms with Gasteiger partial charge in [0.1, 0.15) is 23.1 Å². The van der Waals surface area contributed by atoms with Gasteiger partial charge in [-0.1, -0.05) is 56.3 Å². The zero-order valence-corrected chi connectivity index (χ0v) is 22.7. The van der Waals surface area contributed by atoms with E-state index in [4.69, 9.17) is 4.74 Å². The average Bonchev–Trinajstić information content (AvgIpc) is 3.38. The number of ether oxygens (including phenoxy) is 1. The first-order valence-electron chi connectivity index (χ1n) is 12.5. The molecule has 0 spiro atoms. The van der Waals surface area contributed by atoms with Gasteiger partial charge in [-0.15, -0.1) is 11.3 Å². The largest absolute Gasteiger partial charge is 0.486 e. The molecule has 1 amide bonds. The Labute approximate surface area is 223 Å². The van der Waals surface area contributed by atoms with Gasteiger partial charge in [-0.25, -0.2) is 18.1 Å². The van der Waals surface area contributed by atoms with Crippen LogP contribution >= 0.6 is 11.3 Å². The number of hydrogen-bond donors (Lipinski definition) is 2. The lowest BCUT2D eigenvalue weighted by Crippen LogP contribution is -2.43. The Hall–Kier alpha value is -3.01. The van der Waals surface area contributed by atoms with Crippen molar-refractivity contribution in [3.05, 3.63) is 87.2 Å². The lowest BCUT2D eigenvalue weighted by molar-refractivity contribution is 0.0920. The van der Waals surface area contributed by atoms with Crippen molar-refractivity contribution < 1.29 is 17.9 Å². The molecule has 1 aliphatic rings. The van der Waals surface area contributed by atoms with Gasteiger partial charge in [0.05, 0.1) is 0 Å². The first-order chi connectivity index (χ1) is 17.8. The second kappa shape index (κ2) is 12.5. The number of rotatable bonds is 10. The molecule has 37 heavy (non-hydrogen) atoms. The quantitative estimate of drug-likeness (QED) is 0.356. The number of amides is 1. The number of hydrogen-bond acceptors (Lipinski definition) is 6. The summed E-state index contributed by atoms with van der Waals surface area (Å²) in [5.74, 6) is 1.03. The van der Waals surface area contributed by atoms with Crippen LogP contribution in [0.4, 0.5) is 0 Å². The molecule has 1 saturated carbocycles. The van der Waals surface area contributed by atoms with Crippen LogP contribution in [0, 0.1) is 0 Å². The van der Waals surface area contributed by atoms with Gasteiger partial charge in [-0.2, -0.15) is 0 Å². The van der Waals surface area contributed by atoms with Crippen molar-refractivity contribution in [2.24, 2.45) is 0 Å². The third kappa shape index (κ3) is 8.24. The van der Waals surface area contributed by atoms with Crippen molar-refractivity contribution >= 4 is 33.3 Å². The molecule has 1 aliphatic carbocycles. The van der Waals surface area contributed by atoms with Crippen molar-refractivity contribution in [3.8, 4) is 5.75 Å². The fraction of sp³-hybridized carbons (Fsp3) is 0.357. The van der Waals surface area contributed by atoms with E-state index in [1.807, 2.05) is 42.5 Å². The van der Waals surface area contributed by atoms with Crippen LogP contribution in [0.2, 0.25) is 0 Å². The Bertz CT molecular complexity index is 1290. The molecular formula is C28H33N3O4S2. The number of sulfonamides is 1. The summed E-state index contributed by atoms with van der Waals surface area (Å²) in [4.78, 5) is 17.1. The van der Waals surface area contributed by atoms with Gasteiger partial charge >= 0.3 is 0 Å². The molecule has 0 unspecified atom stereocenters. The highest BCUT2D eigenvalue weighted by Gasteiger charge is 2.25. The number of carbonyl (C=O) groups excluding carboxylic acids is 1. The SMILES string of the molecule is CC(C)c1ccc(OCc2nc(C(=O)NC3CCC(NS(=O)(=O)/C=C/c4ccccc4)CC3)cs2)cc1. The predicted octanol–water partition coefficient (Wildman–Crippen LogP) is 5.48. The van der Waals surface area contributed by atoms with Crippen molar-refractivity contribution in [1.29, 1.82) is 0 Å². The van der Waals surface area contributed by atoms with E-state index >= 15 is 0 Å². The second-order valence-corrected chi connectivity index (χ2v) is 12.1. The lowest BCUT2D eigenvalue weighted by atomic mass is 9.92. The summed E-state index contributed by atoms with van der Waals surface area (Å²) in [6.07, 6.45) is 4.32. The maximum atomic E-state index is 12.7. The van der Waals surface area contributed by atoms with Crippen LogP contribution < -0.4 is 14.8 Å². The number of aromatic nitrogens is 1.